The Morgan fingerprint density at radius 2 is 2.10 bits per heavy atom. The van der Waals surface area contributed by atoms with E-state index in [4.69, 9.17) is 5.73 Å². The first-order valence-electron chi connectivity index (χ1n) is 7.65. The Kier molecular flexibility index (Phi) is 5.81. The SMILES string of the molecule is C=CCN1CCC(NC(=O)CCc2ccccc2N)CC1. The molecule has 21 heavy (non-hydrogen) atoms. The first-order chi connectivity index (χ1) is 10.2. The Balaban J connectivity index is 1.71. The Hall–Kier alpha value is -1.81. The summed E-state index contributed by atoms with van der Waals surface area (Å²) in [5.41, 5.74) is 7.71. The van der Waals surface area contributed by atoms with E-state index in [9.17, 15) is 4.79 Å². The van der Waals surface area contributed by atoms with Crippen LogP contribution in [-0.2, 0) is 11.2 Å². The fourth-order valence-corrected chi connectivity index (χ4v) is 2.75. The average Bonchev–Trinajstić information content (AvgIpc) is 2.49. The zero-order valence-corrected chi connectivity index (χ0v) is 12.6. The second-order valence-corrected chi connectivity index (χ2v) is 5.63. The molecule has 1 aromatic rings. The van der Waals surface area contributed by atoms with E-state index in [1.165, 1.54) is 0 Å². The Morgan fingerprint density at radius 1 is 1.38 bits per heavy atom. The van der Waals surface area contributed by atoms with Crippen molar-refractivity contribution < 1.29 is 4.79 Å². The molecule has 1 amide bonds. The van der Waals surface area contributed by atoms with Gasteiger partial charge < -0.3 is 11.1 Å². The quantitative estimate of drug-likeness (QED) is 0.621. The van der Waals surface area contributed by atoms with Gasteiger partial charge in [0.25, 0.3) is 0 Å². The third kappa shape index (κ3) is 4.90. The van der Waals surface area contributed by atoms with Gasteiger partial charge >= 0.3 is 0 Å². The van der Waals surface area contributed by atoms with Crippen LogP contribution in [0.25, 0.3) is 0 Å². The molecule has 1 aliphatic heterocycles. The Morgan fingerprint density at radius 3 is 2.76 bits per heavy atom. The van der Waals surface area contributed by atoms with Crippen molar-refractivity contribution in [1.82, 2.24) is 10.2 Å². The summed E-state index contributed by atoms with van der Waals surface area (Å²) in [7, 11) is 0. The number of piperidine rings is 1. The molecule has 1 aliphatic rings. The molecule has 0 spiro atoms. The molecule has 0 bridgehead atoms. The number of nitrogens with one attached hydrogen (secondary N) is 1. The van der Waals surface area contributed by atoms with Gasteiger partial charge in [-0.1, -0.05) is 24.3 Å². The monoisotopic (exact) mass is 287 g/mol. The first kappa shape index (κ1) is 15.6. The number of aryl methyl sites for hydroxylation is 1. The molecule has 0 saturated carbocycles. The first-order valence-corrected chi connectivity index (χ1v) is 7.65. The topological polar surface area (TPSA) is 58.4 Å². The van der Waals surface area contributed by atoms with Crippen LogP contribution in [0.5, 0.6) is 0 Å². The summed E-state index contributed by atoms with van der Waals surface area (Å²) in [6.07, 6.45) is 5.18. The third-order valence-electron chi connectivity index (χ3n) is 4.02. The van der Waals surface area contributed by atoms with Crippen molar-refractivity contribution in [3.8, 4) is 0 Å². The molecule has 0 radical (unpaired) electrons. The number of benzene rings is 1. The number of carbonyl (C=O) groups excluding carboxylic acids is 1. The normalized spacial score (nSPS) is 16.6. The minimum absolute atomic E-state index is 0.125. The van der Waals surface area contributed by atoms with Crippen LogP contribution in [0, 0.1) is 0 Å². The number of nitrogens with zero attached hydrogens (tertiary/aromatic N) is 1. The van der Waals surface area contributed by atoms with Crippen molar-refractivity contribution in [2.75, 3.05) is 25.4 Å². The fraction of sp³-hybridized carbons (Fsp3) is 0.471. The maximum absolute atomic E-state index is 12.0. The highest BCUT2D eigenvalue weighted by Gasteiger charge is 2.19. The molecule has 2 rings (SSSR count). The van der Waals surface area contributed by atoms with Crippen LogP contribution >= 0.6 is 0 Å². The molecular formula is C17H25N3O. The van der Waals surface area contributed by atoms with Crippen LogP contribution in [0.3, 0.4) is 0 Å². The van der Waals surface area contributed by atoms with E-state index in [1.807, 2.05) is 30.3 Å². The molecular weight excluding hydrogens is 262 g/mol. The molecule has 1 saturated heterocycles. The maximum Gasteiger partial charge on any atom is 0.220 e. The van der Waals surface area contributed by atoms with Gasteiger partial charge in [0.2, 0.25) is 5.91 Å². The summed E-state index contributed by atoms with van der Waals surface area (Å²) in [4.78, 5) is 14.4. The van der Waals surface area contributed by atoms with E-state index < -0.39 is 0 Å². The molecule has 1 fully saturated rings. The second-order valence-electron chi connectivity index (χ2n) is 5.63. The Labute approximate surface area is 127 Å². The van der Waals surface area contributed by atoms with Crippen molar-refractivity contribution in [3.05, 3.63) is 42.5 Å². The lowest BCUT2D eigenvalue weighted by Gasteiger charge is -2.31. The van der Waals surface area contributed by atoms with E-state index in [0.717, 1.165) is 43.7 Å². The number of para-hydroxylation sites is 1. The summed E-state index contributed by atoms with van der Waals surface area (Å²) in [6, 6.07) is 8.04. The lowest BCUT2D eigenvalue weighted by Crippen LogP contribution is -2.44. The van der Waals surface area contributed by atoms with Gasteiger partial charge in [-0.2, -0.15) is 0 Å². The summed E-state index contributed by atoms with van der Waals surface area (Å²) in [5.74, 6) is 0.125. The molecule has 0 aliphatic carbocycles. The van der Waals surface area contributed by atoms with Crippen molar-refractivity contribution in [2.24, 2.45) is 0 Å². The predicted molar refractivity (Wildman–Crippen MR) is 87.0 cm³/mol. The van der Waals surface area contributed by atoms with Gasteiger partial charge in [0.1, 0.15) is 0 Å². The van der Waals surface area contributed by atoms with E-state index >= 15 is 0 Å². The minimum Gasteiger partial charge on any atom is -0.399 e. The lowest BCUT2D eigenvalue weighted by molar-refractivity contribution is -0.122. The standard InChI is InChI=1S/C17H25N3O/c1-2-11-20-12-9-15(10-13-20)19-17(21)8-7-14-5-3-4-6-16(14)18/h2-6,15H,1,7-13,18H2,(H,19,21). The van der Waals surface area contributed by atoms with Crippen LogP contribution in [0.2, 0.25) is 0 Å². The smallest absolute Gasteiger partial charge is 0.220 e. The van der Waals surface area contributed by atoms with Crippen molar-refractivity contribution in [3.63, 3.8) is 0 Å². The number of nitrogens with two attached hydrogens (primary N) is 1. The van der Waals surface area contributed by atoms with Crippen molar-refractivity contribution in [1.29, 1.82) is 0 Å². The Bertz CT molecular complexity index is 479. The number of anilines is 1. The minimum atomic E-state index is 0.125. The van der Waals surface area contributed by atoms with E-state index in [2.05, 4.69) is 16.8 Å². The second kappa shape index (κ2) is 7.84. The number of hydrogen-bond acceptors (Lipinski definition) is 3. The number of likely N-dealkylation sites (tertiary alicyclic amines) is 1. The summed E-state index contributed by atoms with van der Waals surface area (Å²) >= 11 is 0. The van der Waals surface area contributed by atoms with Crippen LogP contribution in [0.4, 0.5) is 5.69 Å². The van der Waals surface area contributed by atoms with E-state index in [1.54, 1.807) is 0 Å². The lowest BCUT2D eigenvalue weighted by atomic mass is 10.0. The number of nitrogen functional groups attached to an aromatic ring is 1. The molecule has 1 heterocycles. The zero-order valence-electron chi connectivity index (χ0n) is 12.6. The molecule has 114 valence electrons. The fourth-order valence-electron chi connectivity index (χ4n) is 2.75. The van der Waals surface area contributed by atoms with Gasteiger partial charge in [-0.25, -0.2) is 0 Å². The van der Waals surface area contributed by atoms with Gasteiger partial charge in [-0.05, 0) is 30.9 Å². The van der Waals surface area contributed by atoms with Crippen LogP contribution < -0.4 is 11.1 Å². The van der Waals surface area contributed by atoms with Crippen LogP contribution in [-0.4, -0.2) is 36.5 Å². The maximum atomic E-state index is 12.0. The molecule has 4 nitrogen and oxygen atoms in total. The highest BCUT2D eigenvalue weighted by Crippen LogP contribution is 2.14. The summed E-state index contributed by atoms with van der Waals surface area (Å²) in [6.45, 7) is 6.76. The van der Waals surface area contributed by atoms with Crippen LogP contribution in [0.1, 0.15) is 24.8 Å². The highest BCUT2D eigenvalue weighted by atomic mass is 16.1. The largest absolute Gasteiger partial charge is 0.399 e. The zero-order chi connectivity index (χ0) is 15.1. The van der Waals surface area contributed by atoms with E-state index in [0.29, 0.717) is 18.9 Å². The summed E-state index contributed by atoms with van der Waals surface area (Å²) < 4.78 is 0. The van der Waals surface area contributed by atoms with Crippen LogP contribution in [0.15, 0.2) is 36.9 Å². The van der Waals surface area contributed by atoms with Crippen molar-refractivity contribution in [2.45, 2.75) is 31.7 Å². The van der Waals surface area contributed by atoms with E-state index in [-0.39, 0.29) is 5.91 Å². The number of amides is 1. The van der Waals surface area contributed by atoms with Gasteiger partial charge in [-0.3, -0.25) is 9.69 Å². The highest BCUT2D eigenvalue weighted by molar-refractivity contribution is 5.76. The molecule has 3 N–H and O–H groups in total. The summed E-state index contributed by atoms with van der Waals surface area (Å²) in [5, 5.41) is 3.14. The molecule has 0 aromatic heterocycles. The number of hydrogen-bond donors (Lipinski definition) is 2. The number of carbonyl (C=O) groups is 1. The molecule has 0 unspecified atom stereocenters. The van der Waals surface area contributed by atoms with Gasteiger partial charge in [0.05, 0.1) is 0 Å². The van der Waals surface area contributed by atoms with Gasteiger partial charge in [-0.15, -0.1) is 6.58 Å². The molecule has 0 atom stereocenters. The predicted octanol–water partition coefficient (Wildman–Crippen LogP) is 1.97. The van der Waals surface area contributed by atoms with Gasteiger partial charge in [0.15, 0.2) is 0 Å². The molecule has 1 aromatic carbocycles. The number of rotatable bonds is 6. The van der Waals surface area contributed by atoms with Crippen molar-refractivity contribution >= 4 is 11.6 Å². The molecule has 4 heteroatoms. The third-order valence-corrected chi connectivity index (χ3v) is 4.02. The average molecular weight is 287 g/mol. The van der Waals surface area contributed by atoms with Gasteiger partial charge in [0, 0.05) is 37.8 Å².